The van der Waals surface area contributed by atoms with E-state index in [-0.39, 0.29) is 5.41 Å². The van der Waals surface area contributed by atoms with Crippen LogP contribution in [0.3, 0.4) is 0 Å². The average molecular weight is 199 g/mol. The summed E-state index contributed by atoms with van der Waals surface area (Å²) in [6.45, 7) is 10.5. The fraction of sp³-hybridized carbons (Fsp3) is 1.00. The lowest BCUT2D eigenvalue weighted by molar-refractivity contribution is 0.0647. The van der Waals surface area contributed by atoms with Gasteiger partial charge < -0.3 is 10.0 Å². The van der Waals surface area contributed by atoms with Crippen LogP contribution in [-0.4, -0.2) is 36.2 Å². The molecule has 2 atom stereocenters. The fourth-order valence-corrected chi connectivity index (χ4v) is 2.24. The Morgan fingerprint density at radius 2 is 2.21 bits per heavy atom. The van der Waals surface area contributed by atoms with Gasteiger partial charge in [-0.25, -0.2) is 0 Å². The quantitative estimate of drug-likeness (QED) is 0.749. The molecule has 1 N–H and O–H groups in total. The molecule has 14 heavy (non-hydrogen) atoms. The molecule has 0 aromatic carbocycles. The van der Waals surface area contributed by atoms with Gasteiger partial charge in [0, 0.05) is 25.1 Å². The van der Waals surface area contributed by atoms with Gasteiger partial charge in [-0.15, -0.1) is 0 Å². The first-order valence-electron chi connectivity index (χ1n) is 5.93. The van der Waals surface area contributed by atoms with E-state index in [2.05, 4.69) is 25.7 Å². The molecule has 0 aromatic rings. The maximum absolute atomic E-state index is 9.36. The molecule has 0 bridgehead atoms. The summed E-state index contributed by atoms with van der Waals surface area (Å²) in [5.74, 6) is 0.837. The van der Waals surface area contributed by atoms with Crippen molar-refractivity contribution in [2.75, 3.05) is 26.2 Å². The minimum atomic E-state index is 0.108. The topological polar surface area (TPSA) is 23.5 Å². The normalized spacial score (nSPS) is 28.7. The Balaban J connectivity index is 2.41. The van der Waals surface area contributed by atoms with E-state index in [9.17, 15) is 5.11 Å². The van der Waals surface area contributed by atoms with Crippen LogP contribution in [0.2, 0.25) is 0 Å². The maximum Gasteiger partial charge on any atom is 0.0496 e. The first kappa shape index (κ1) is 12.0. The van der Waals surface area contributed by atoms with Gasteiger partial charge in [-0.1, -0.05) is 20.8 Å². The molecule has 0 radical (unpaired) electrons. The van der Waals surface area contributed by atoms with Crippen molar-refractivity contribution >= 4 is 0 Å². The first-order chi connectivity index (χ1) is 6.59. The van der Waals surface area contributed by atoms with Crippen LogP contribution in [0.5, 0.6) is 0 Å². The van der Waals surface area contributed by atoms with Crippen LogP contribution in [0.25, 0.3) is 0 Å². The molecule has 1 rings (SSSR count). The summed E-state index contributed by atoms with van der Waals surface area (Å²) < 4.78 is 0. The molecule has 0 aromatic heterocycles. The number of aliphatic hydroxyl groups is 1. The standard InChI is InChI=1S/C12H25NO/c1-4-12(3,10-14)9-13-7-5-6-11(2)8-13/h11,14H,4-10H2,1-3H3. The summed E-state index contributed by atoms with van der Waals surface area (Å²) >= 11 is 0. The number of piperidine rings is 1. The minimum Gasteiger partial charge on any atom is -0.396 e. The predicted octanol–water partition coefficient (Wildman–Crippen LogP) is 2.13. The van der Waals surface area contributed by atoms with Crippen LogP contribution >= 0.6 is 0 Å². The molecular formula is C12H25NO. The third kappa shape index (κ3) is 3.25. The molecule has 0 aliphatic carbocycles. The van der Waals surface area contributed by atoms with E-state index < -0.39 is 0 Å². The van der Waals surface area contributed by atoms with Crippen LogP contribution in [0.4, 0.5) is 0 Å². The van der Waals surface area contributed by atoms with E-state index in [1.54, 1.807) is 0 Å². The van der Waals surface area contributed by atoms with Crippen molar-refractivity contribution in [2.45, 2.75) is 40.0 Å². The number of hydrogen-bond acceptors (Lipinski definition) is 2. The van der Waals surface area contributed by atoms with Gasteiger partial charge in [0.2, 0.25) is 0 Å². The van der Waals surface area contributed by atoms with E-state index in [0.717, 1.165) is 18.9 Å². The fourth-order valence-electron chi connectivity index (χ4n) is 2.24. The van der Waals surface area contributed by atoms with E-state index in [1.165, 1.54) is 25.9 Å². The van der Waals surface area contributed by atoms with E-state index in [1.807, 2.05) is 0 Å². The van der Waals surface area contributed by atoms with Crippen LogP contribution < -0.4 is 0 Å². The van der Waals surface area contributed by atoms with E-state index in [0.29, 0.717) is 6.61 Å². The third-order valence-electron chi connectivity index (χ3n) is 3.58. The van der Waals surface area contributed by atoms with E-state index in [4.69, 9.17) is 0 Å². The SMILES string of the molecule is CCC(C)(CO)CN1CCCC(C)C1. The minimum absolute atomic E-state index is 0.108. The molecule has 84 valence electrons. The van der Waals surface area contributed by atoms with Gasteiger partial charge in [-0.3, -0.25) is 0 Å². The molecule has 2 nitrogen and oxygen atoms in total. The van der Waals surface area contributed by atoms with Gasteiger partial charge >= 0.3 is 0 Å². The Bertz CT molecular complexity index is 166. The monoisotopic (exact) mass is 199 g/mol. The third-order valence-corrected chi connectivity index (χ3v) is 3.58. The summed E-state index contributed by atoms with van der Waals surface area (Å²) in [5.41, 5.74) is 0.108. The zero-order chi connectivity index (χ0) is 10.6. The van der Waals surface area contributed by atoms with Crippen molar-refractivity contribution in [2.24, 2.45) is 11.3 Å². The number of rotatable bonds is 4. The molecule has 1 aliphatic rings. The Labute approximate surface area is 88.3 Å². The number of nitrogens with zero attached hydrogens (tertiary/aromatic N) is 1. The van der Waals surface area contributed by atoms with Gasteiger partial charge in [0.15, 0.2) is 0 Å². The van der Waals surface area contributed by atoms with Crippen molar-refractivity contribution in [3.05, 3.63) is 0 Å². The van der Waals surface area contributed by atoms with Crippen LogP contribution in [0.15, 0.2) is 0 Å². The Morgan fingerprint density at radius 1 is 1.50 bits per heavy atom. The highest BCUT2D eigenvalue weighted by atomic mass is 16.3. The predicted molar refractivity (Wildman–Crippen MR) is 60.3 cm³/mol. The number of likely N-dealkylation sites (tertiary alicyclic amines) is 1. The molecule has 0 spiro atoms. The van der Waals surface area contributed by atoms with Gasteiger partial charge in [-0.2, -0.15) is 0 Å². The van der Waals surface area contributed by atoms with Crippen molar-refractivity contribution in [3.63, 3.8) is 0 Å². The van der Waals surface area contributed by atoms with Crippen LogP contribution in [0.1, 0.15) is 40.0 Å². The molecule has 1 saturated heterocycles. The van der Waals surface area contributed by atoms with Crippen molar-refractivity contribution in [3.8, 4) is 0 Å². The van der Waals surface area contributed by atoms with Crippen molar-refractivity contribution < 1.29 is 5.11 Å². The smallest absolute Gasteiger partial charge is 0.0496 e. The number of aliphatic hydroxyl groups excluding tert-OH is 1. The summed E-state index contributed by atoms with van der Waals surface area (Å²) in [6.07, 6.45) is 3.76. The molecular weight excluding hydrogens is 174 g/mol. The first-order valence-corrected chi connectivity index (χ1v) is 5.93. The molecule has 2 heteroatoms. The zero-order valence-corrected chi connectivity index (χ0v) is 9.92. The molecule has 1 heterocycles. The van der Waals surface area contributed by atoms with Gasteiger partial charge in [0.05, 0.1) is 0 Å². The highest BCUT2D eigenvalue weighted by Crippen LogP contribution is 2.24. The second-order valence-electron chi connectivity index (χ2n) is 5.30. The lowest BCUT2D eigenvalue weighted by Crippen LogP contribution is -2.42. The summed E-state index contributed by atoms with van der Waals surface area (Å²) in [5, 5.41) is 9.36. The Morgan fingerprint density at radius 3 is 2.71 bits per heavy atom. The molecule has 1 aliphatic heterocycles. The lowest BCUT2D eigenvalue weighted by Gasteiger charge is -2.37. The molecule has 0 saturated carbocycles. The van der Waals surface area contributed by atoms with Crippen molar-refractivity contribution in [1.82, 2.24) is 4.90 Å². The molecule has 0 amide bonds. The van der Waals surface area contributed by atoms with Gasteiger partial charge in [-0.05, 0) is 31.7 Å². The Kier molecular flexibility index (Phi) is 4.39. The highest BCUT2D eigenvalue weighted by molar-refractivity contribution is 4.79. The van der Waals surface area contributed by atoms with E-state index >= 15 is 0 Å². The van der Waals surface area contributed by atoms with Crippen molar-refractivity contribution in [1.29, 1.82) is 0 Å². The van der Waals surface area contributed by atoms with Crippen LogP contribution in [0, 0.1) is 11.3 Å². The second kappa shape index (κ2) is 5.13. The number of hydrogen-bond donors (Lipinski definition) is 1. The summed E-state index contributed by atoms with van der Waals surface area (Å²) in [6, 6.07) is 0. The largest absolute Gasteiger partial charge is 0.396 e. The Hall–Kier alpha value is -0.0800. The highest BCUT2D eigenvalue weighted by Gasteiger charge is 2.26. The van der Waals surface area contributed by atoms with Gasteiger partial charge in [0.25, 0.3) is 0 Å². The lowest BCUT2D eigenvalue weighted by atomic mass is 9.87. The van der Waals surface area contributed by atoms with Gasteiger partial charge in [0.1, 0.15) is 0 Å². The zero-order valence-electron chi connectivity index (χ0n) is 9.92. The molecule has 1 fully saturated rings. The summed E-state index contributed by atoms with van der Waals surface area (Å²) in [4.78, 5) is 2.52. The summed E-state index contributed by atoms with van der Waals surface area (Å²) in [7, 11) is 0. The average Bonchev–Trinajstić information content (AvgIpc) is 2.18. The second-order valence-corrected chi connectivity index (χ2v) is 5.30. The molecule has 2 unspecified atom stereocenters. The maximum atomic E-state index is 9.36. The van der Waals surface area contributed by atoms with Crippen LogP contribution in [-0.2, 0) is 0 Å².